The van der Waals surface area contributed by atoms with Crippen molar-refractivity contribution in [3.8, 4) is 11.5 Å². The quantitative estimate of drug-likeness (QED) is 0.841. The Bertz CT molecular complexity index is 473. The lowest BCUT2D eigenvalue weighted by Gasteiger charge is -2.34. The minimum absolute atomic E-state index is 0.265. The zero-order valence-corrected chi connectivity index (χ0v) is 11.9. The van der Waals surface area contributed by atoms with Crippen LogP contribution in [-0.2, 0) is 0 Å². The van der Waals surface area contributed by atoms with Crippen LogP contribution < -0.4 is 19.7 Å². The van der Waals surface area contributed by atoms with Gasteiger partial charge in [-0.15, -0.1) is 0 Å². The molecule has 0 saturated carbocycles. The second-order valence-electron chi connectivity index (χ2n) is 6.31. The van der Waals surface area contributed by atoms with Gasteiger partial charge >= 0.3 is 0 Å². The monoisotopic (exact) mass is 262 g/mol. The Labute approximate surface area is 114 Å². The minimum atomic E-state index is 0.265. The summed E-state index contributed by atoms with van der Waals surface area (Å²) in [5.41, 5.74) is 1.48. The van der Waals surface area contributed by atoms with E-state index in [2.05, 4.69) is 43.1 Å². The number of hydrogen-bond donors (Lipinski definition) is 1. The number of nitrogens with one attached hydrogen (secondary N) is 1. The molecule has 1 aromatic rings. The Kier molecular flexibility index (Phi) is 3.05. The number of ether oxygens (including phenoxy) is 2. The van der Waals surface area contributed by atoms with Crippen molar-refractivity contribution in [1.29, 1.82) is 0 Å². The average Bonchev–Trinajstić information content (AvgIpc) is 2.77. The van der Waals surface area contributed by atoms with Gasteiger partial charge in [-0.25, -0.2) is 0 Å². The molecule has 1 atom stereocenters. The molecular weight excluding hydrogens is 240 g/mol. The van der Waals surface area contributed by atoms with E-state index in [1.54, 1.807) is 0 Å². The second-order valence-corrected chi connectivity index (χ2v) is 6.31. The maximum atomic E-state index is 5.48. The van der Waals surface area contributed by atoms with Crippen molar-refractivity contribution in [1.82, 2.24) is 5.32 Å². The molecule has 2 aliphatic rings. The molecule has 1 N–H and O–H groups in total. The van der Waals surface area contributed by atoms with Gasteiger partial charge in [0.05, 0.1) is 0 Å². The van der Waals surface area contributed by atoms with E-state index in [9.17, 15) is 0 Å². The molecule has 0 aliphatic carbocycles. The highest BCUT2D eigenvalue weighted by molar-refractivity contribution is 5.58. The van der Waals surface area contributed by atoms with Crippen LogP contribution in [0.5, 0.6) is 11.5 Å². The molecule has 1 fully saturated rings. The van der Waals surface area contributed by atoms with Crippen LogP contribution in [0.15, 0.2) is 18.2 Å². The minimum Gasteiger partial charge on any atom is -0.454 e. The Morgan fingerprint density at radius 2 is 2.05 bits per heavy atom. The van der Waals surface area contributed by atoms with Crippen molar-refractivity contribution in [3.05, 3.63) is 18.2 Å². The summed E-state index contributed by atoms with van der Waals surface area (Å²) in [6, 6.07) is 6.71. The van der Waals surface area contributed by atoms with Gasteiger partial charge in [0.25, 0.3) is 0 Å². The van der Waals surface area contributed by atoms with Gasteiger partial charge in [0.1, 0.15) is 0 Å². The Balaban J connectivity index is 1.90. The average molecular weight is 262 g/mol. The van der Waals surface area contributed by atoms with E-state index in [0.717, 1.165) is 31.1 Å². The first-order valence-electron chi connectivity index (χ1n) is 6.92. The van der Waals surface area contributed by atoms with E-state index in [-0.39, 0.29) is 5.41 Å². The summed E-state index contributed by atoms with van der Waals surface area (Å²) in [7, 11) is 0. The van der Waals surface area contributed by atoms with Gasteiger partial charge in [0.2, 0.25) is 6.79 Å². The summed E-state index contributed by atoms with van der Waals surface area (Å²) in [6.45, 7) is 10.3. The van der Waals surface area contributed by atoms with Crippen molar-refractivity contribution < 1.29 is 9.47 Å². The molecule has 2 aliphatic heterocycles. The predicted octanol–water partition coefficient (Wildman–Crippen LogP) is 2.24. The lowest BCUT2D eigenvalue weighted by molar-refractivity contribution is 0.174. The summed E-state index contributed by atoms with van der Waals surface area (Å²) in [6.07, 6.45) is 0. The number of anilines is 1. The van der Waals surface area contributed by atoms with Gasteiger partial charge in [-0.05, 0) is 24.5 Å². The fraction of sp³-hybridized carbons (Fsp3) is 0.600. The number of benzene rings is 1. The topological polar surface area (TPSA) is 33.7 Å². The number of rotatable bonds is 1. The highest BCUT2D eigenvalue weighted by Crippen LogP contribution is 2.37. The van der Waals surface area contributed by atoms with E-state index < -0.39 is 0 Å². The SMILES string of the molecule is CC1CNCC(C)(C)CN1c1ccc2c(c1)OCO2. The molecule has 1 unspecified atom stereocenters. The van der Waals surface area contributed by atoms with E-state index in [1.165, 1.54) is 5.69 Å². The summed E-state index contributed by atoms with van der Waals surface area (Å²) in [4.78, 5) is 2.46. The molecule has 1 saturated heterocycles. The molecule has 0 amide bonds. The lowest BCUT2D eigenvalue weighted by atomic mass is 9.93. The number of fused-ring (bicyclic) bond motifs is 1. The third-order valence-electron chi connectivity index (χ3n) is 3.86. The van der Waals surface area contributed by atoms with Gasteiger partial charge in [-0.1, -0.05) is 13.8 Å². The Hall–Kier alpha value is -1.42. The van der Waals surface area contributed by atoms with Crippen LogP contribution in [0.1, 0.15) is 20.8 Å². The van der Waals surface area contributed by atoms with Gasteiger partial charge < -0.3 is 19.7 Å². The second kappa shape index (κ2) is 4.60. The normalized spacial score (nSPS) is 25.2. The van der Waals surface area contributed by atoms with Crippen molar-refractivity contribution in [2.24, 2.45) is 5.41 Å². The molecule has 1 aromatic carbocycles. The third-order valence-corrected chi connectivity index (χ3v) is 3.86. The molecule has 0 radical (unpaired) electrons. The van der Waals surface area contributed by atoms with Crippen molar-refractivity contribution >= 4 is 5.69 Å². The first kappa shape index (κ1) is 12.6. The zero-order chi connectivity index (χ0) is 13.5. The molecule has 4 nitrogen and oxygen atoms in total. The number of hydrogen-bond acceptors (Lipinski definition) is 4. The van der Waals surface area contributed by atoms with Crippen molar-refractivity contribution in [2.75, 3.05) is 31.3 Å². The van der Waals surface area contributed by atoms with Crippen LogP contribution in [0, 0.1) is 5.41 Å². The molecule has 2 heterocycles. The van der Waals surface area contributed by atoms with E-state index in [0.29, 0.717) is 12.8 Å². The molecular formula is C15H22N2O2. The standard InChI is InChI=1S/C15H22N2O2/c1-11-7-16-8-15(2,3)9-17(11)12-4-5-13-14(6-12)19-10-18-13/h4-6,11,16H,7-10H2,1-3H3. The molecule has 104 valence electrons. The fourth-order valence-corrected chi connectivity index (χ4v) is 2.81. The first-order valence-corrected chi connectivity index (χ1v) is 6.92. The van der Waals surface area contributed by atoms with Crippen LogP contribution in [0.2, 0.25) is 0 Å². The zero-order valence-electron chi connectivity index (χ0n) is 11.9. The smallest absolute Gasteiger partial charge is 0.231 e. The lowest BCUT2D eigenvalue weighted by Crippen LogP contribution is -2.39. The van der Waals surface area contributed by atoms with Gasteiger partial charge in [-0.2, -0.15) is 0 Å². The van der Waals surface area contributed by atoms with E-state index >= 15 is 0 Å². The predicted molar refractivity (Wildman–Crippen MR) is 76.0 cm³/mol. The molecule has 0 spiro atoms. The highest BCUT2D eigenvalue weighted by Gasteiger charge is 2.29. The van der Waals surface area contributed by atoms with Crippen LogP contribution in [0.25, 0.3) is 0 Å². The van der Waals surface area contributed by atoms with Crippen molar-refractivity contribution in [3.63, 3.8) is 0 Å². The summed E-state index contributed by atoms with van der Waals surface area (Å²) in [5, 5.41) is 3.54. The first-order chi connectivity index (χ1) is 9.05. The molecule has 3 rings (SSSR count). The largest absolute Gasteiger partial charge is 0.454 e. The molecule has 4 heteroatoms. The van der Waals surface area contributed by atoms with Gasteiger partial charge in [-0.3, -0.25) is 0 Å². The van der Waals surface area contributed by atoms with Gasteiger partial charge in [0, 0.05) is 37.4 Å². The van der Waals surface area contributed by atoms with Crippen molar-refractivity contribution in [2.45, 2.75) is 26.8 Å². The van der Waals surface area contributed by atoms with Crippen LogP contribution >= 0.6 is 0 Å². The highest BCUT2D eigenvalue weighted by atomic mass is 16.7. The Morgan fingerprint density at radius 3 is 2.89 bits per heavy atom. The summed E-state index contributed by atoms with van der Waals surface area (Å²) in [5.74, 6) is 1.71. The summed E-state index contributed by atoms with van der Waals surface area (Å²) >= 11 is 0. The maximum Gasteiger partial charge on any atom is 0.231 e. The van der Waals surface area contributed by atoms with Crippen LogP contribution in [0.4, 0.5) is 5.69 Å². The molecule has 0 aromatic heterocycles. The number of nitrogens with zero attached hydrogens (tertiary/aromatic N) is 1. The Morgan fingerprint density at radius 1 is 1.26 bits per heavy atom. The van der Waals surface area contributed by atoms with E-state index in [1.807, 2.05) is 6.07 Å². The van der Waals surface area contributed by atoms with Crippen LogP contribution in [-0.4, -0.2) is 32.5 Å². The molecule has 19 heavy (non-hydrogen) atoms. The maximum absolute atomic E-state index is 5.48. The fourth-order valence-electron chi connectivity index (χ4n) is 2.81. The van der Waals surface area contributed by atoms with E-state index in [4.69, 9.17) is 9.47 Å². The molecule has 0 bridgehead atoms. The van der Waals surface area contributed by atoms with Gasteiger partial charge in [0.15, 0.2) is 11.5 Å². The van der Waals surface area contributed by atoms with Crippen LogP contribution in [0.3, 0.4) is 0 Å². The third kappa shape index (κ3) is 2.50. The summed E-state index contributed by atoms with van der Waals surface area (Å²) < 4.78 is 10.9.